The predicted octanol–water partition coefficient (Wildman–Crippen LogP) is 2.37. The molecule has 3 heterocycles. The van der Waals surface area contributed by atoms with E-state index in [-0.39, 0.29) is 23.1 Å². The van der Waals surface area contributed by atoms with E-state index in [1.807, 2.05) is 43.4 Å². The average Bonchev–Trinajstić information content (AvgIpc) is 3.30. The summed E-state index contributed by atoms with van der Waals surface area (Å²) in [6, 6.07) is 11.8. The molecule has 0 unspecified atom stereocenters. The number of nitrogens with one attached hydrogen (secondary N) is 2. The molecule has 8 heteroatoms. The Balaban J connectivity index is 1.12. The van der Waals surface area contributed by atoms with E-state index in [0.29, 0.717) is 11.6 Å². The number of aromatic nitrogens is 5. The van der Waals surface area contributed by atoms with Crippen LogP contribution in [0.3, 0.4) is 0 Å². The molecule has 1 amide bonds. The van der Waals surface area contributed by atoms with E-state index in [0.717, 1.165) is 47.8 Å². The molecule has 2 aliphatic rings. The standard InChI is InChI=1S/C22H22N6O2/c1-27-16-6-3-2-5-15(16)19(26-27)20(29)23-14-11-22(12-14)9-13(10-22)18-17-7-4-8-28(17)21(30)25-24-18/h2-8,13-14H,9-12H2,1H3,(H,23,29)(H,25,30). The van der Waals surface area contributed by atoms with Gasteiger partial charge in [-0.15, -0.1) is 0 Å². The van der Waals surface area contributed by atoms with Crippen LogP contribution in [-0.2, 0) is 7.05 Å². The highest BCUT2D eigenvalue weighted by atomic mass is 16.2. The summed E-state index contributed by atoms with van der Waals surface area (Å²) < 4.78 is 3.37. The third kappa shape index (κ3) is 2.46. The highest BCUT2D eigenvalue weighted by Gasteiger charge is 2.54. The molecule has 2 N–H and O–H groups in total. The first-order valence-electron chi connectivity index (χ1n) is 10.3. The third-order valence-electron chi connectivity index (χ3n) is 6.91. The van der Waals surface area contributed by atoms with Gasteiger partial charge in [0, 0.05) is 30.6 Å². The molecule has 30 heavy (non-hydrogen) atoms. The summed E-state index contributed by atoms with van der Waals surface area (Å²) >= 11 is 0. The monoisotopic (exact) mass is 402 g/mol. The van der Waals surface area contributed by atoms with Crippen molar-refractivity contribution in [2.75, 3.05) is 0 Å². The molecule has 2 aliphatic carbocycles. The van der Waals surface area contributed by atoms with Crippen molar-refractivity contribution in [1.29, 1.82) is 0 Å². The lowest BCUT2D eigenvalue weighted by molar-refractivity contribution is -0.0198. The summed E-state index contributed by atoms with van der Waals surface area (Å²) in [6.07, 6.45) is 5.84. The second-order valence-corrected chi connectivity index (χ2v) is 8.85. The van der Waals surface area contributed by atoms with Gasteiger partial charge < -0.3 is 5.32 Å². The van der Waals surface area contributed by atoms with E-state index in [2.05, 4.69) is 20.6 Å². The molecule has 3 aromatic heterocycles. The van der Waals surface area contributed by atoms with Crippen LogP contribution in [0.2, 0.25) is 0 Å². The number of carbonyl (C=O) groups is 1. The number of carbonyl (C=O) groups excluding carboxylic acids is 1. The lowest BCUT2D eigenvalue weighted by Gasteiger charge is -2.57. The number of amides is 1. The van der Waals surface area contributed by atoms with Gasteiger partial charge in [-0.3, -0.25) is 13.9 Å². The number of fused-ring (bicyclic) bond motifs is 2. The maximum absolute atomic E-state index is 12.8. The molecule has 1 aromatic carbocycles. The van der Waals surface area contributed by atoms with Crippen LogP contribution in [0.4, 0.5) is 0 Å². The average molecular weight is 402 g/mol. The Morgan fingerprint density at radius 2 is 1.90 bits per heavy atom. The van der Waals surface area contributed by atoms with Crippen molar-refractivity contribution in [2.45, 2.75) is 37.6 Å². The fourth-order valence-electron chi connectivity index (χ4n) is 5.52. The number of rotatable bonds is 3. The quantitative estimate of drug-likeness (QED) is 0.550. The first kappa shape index (κ1) is 17.4. The second-order valence-electron chi connectivity index (χ2n) is 8.85. The van der Waals surface area contributed by atoms with Gasteiger partial charge in [0.1, 0.15) is 0 Å². The Morgan fingerprint density at radius 1 is 1.13 bits per heavy atom. The van der Waals surface area contributed by atoms with Gasteiger partial charge in [0.15, 0.2) is 5.69 Å². The van der Waals surface area contributed by atoms with E-state index in [1.54, 1.807) is 15.3 Å². The number of H-pyrrole nitrogens is 1. The molecule has 0 atom stereocenters. The van der Waals surface area contributed by atoms with E-state index in [9.17, 15) is 9.59 Å². The minimum Gasteiger partial charge on any atom is -0.348 e. The summed E-state index contributed by atoms with van der Waals surface area (Å²) in [4.78, 5) is 24.7. The summed E-state index contributed by atoms with van der Waals surface area (Å²) in [5, 5.41) is 15.4. The zero-order chi connectivity index (χ0) is 20.5. The van der Waals surface area contributed by atoms with Crippen molar-refractivity contribution in [2.24, 2.45) is 12.5 Å². The number of aromatic amines is 1. The van der Waals surface area contributed by atoms with Gasteiger partial charge in [0.25, 0.3) is 5.91 Å². The Morgan fingerprint density at radius 3 is 2.73 bits per heavy atom. The van der Waals surface area contributed by atoms with Crippen LogP contribution in [0, 0.1) is 5.41 Å². The minimum absolute atomic E-state index is 0.0975. The third-order valence-corrected chi connectivity index (χ3v) is 6.91. The summed E-state index contributed by atoms with van der Waals surface area (Å²) in [5.41, 5.74) is 3.40. The summed E-state index contributed by atoms with van der Waals surface area (Å²) in [7, 11) is 1.86. The Labute approximate surface area is 171 Å². The van der Waals surface area contributed by atoms with Gasteiger partial charge in [-0.05, 0) is 49.3 Å². The number of para-hydroxylation sites is 1. The largest absolute Gasteiger partial charge is 0.348 e. The van der Waals surface area contributed by atoms with Crippen molar-refractivity contribution in [1.82, 2.24) is 29.7 Å². The molecule has 0 bridgehead atoms. The van der Waals surface area contributed by atoms with Crippen LogP contribution in [0.5, 0.6) is 0 Å². The molecule has 4 aromatic rings. The van der Waals surface area contributed by atoms with Crippen molar-refractivity contribution in [3.8, 4) is 0 Å². The number of nitrogens with zero attached hydrogens (tertiary/aromatic N) is 4. The number of benzene rings is 1. The van der Waals surface area contributed by atoms with E-state index < -0.39 is 0 Å². The van der Waals surface area contributed by atoms with Crippen LogP contribution in [-0.4, -0.2) is 36.3 Å². The van der Waals surface area contributed by atoms with E-state index >= 15 is 0 Å². The van der Waals surface area contributed by atoms with Crippen molar-refractivity contribution < 1.29 is 4.79 Å². The van der Waals surface area contributed by atoms with E-state index in [4.69, 9.17) is 0 Å². The molecule has 2 saturated carbocycles. The lowest BCUT2D eigenvalue weighted by Crippen LogP contribution is -2.55. The zero-order valence-electron chi connectivity index (χ0n) is 16.6. The highest BCUT2D eigenvalue weighted by Crippen LogP contribution is 2.61. The normalized spacial score (nSPS) is 25.4. The Kier molecular flexibility index (Phi) is 3.51. The van der Waals surface area contributed by atoms with Crippen LogP contribution in [0.1, 0.15) is 47.8 Å². The van der Waals surface area contributed by atoms with Gasteiger partial charge in [-0.1, -0.05) is 18.2 Å². The molecule has 152 valence electrons. The first-order chi connectivity index (χ1) is 14.5. The summed E-state index contributed by atoms with van der Waals surface area (Å²) in [6.45, 7) is 0. The topological polar surface area (TPSA) is 97.1 Å². The molecule has 0 radical (unpaired) electrons. The van der Waals surface area contributed by atoms with Crippen LogP contribution in [0.15, 0.2) is 47.4 Å². The fourth-order valence-corrected chi connectivity index (χ4v) is 5.52. The molecule has 0 saturated heterocycles. The van der Waals surface area contributed by atoms with Gasteiger partial charge in [0.05, 0.1) is 16.7 Å². The van der Waals surface area contributed by atoms with Crippen LogP contribution >= 0.6 is 0 Å². The number of hydrogen-bond acceptors (Lipinski definition) is 4. The van der Waals surface area contributed by atoms with Crippen molar-refractivity contribution in [3.05, 3.63) is 64.5 Å². The maximum atomic E-state index is 12.8. The molecule has 2 fully saturated rings. The number of aryl methyl sites for hydroxylation is 1. The Bertz CT molecular complexity index is 1350. The lowest BCUT2D eigenvalue weighted by atomic mass is 9.49. The molecule has 6 rings (SSSR count). The van der Waals surface area contributed by atoms with Crippen molar-refractivity contribution >= 4 is 22.3 Å². The smallest absolute Gasteiger partial charge is 0.346 e. The van der Waals surface area contributed by atoms with Gasteiger partial charge >= 0.3 is 5.69 Å². The predicted molar refractivity (Wildman–Crippen MR) is 111 cm³/mol. The van der Waals surface area contributed by atoms with Crippen LogP contribution < -0.4 is 11.0 Å². The highest BCUT2D eigenvalue weighted by molar-refractivity contribution is 6.05. The SMILES string of the molecule is Cn1nc(C(=O)NC2CC3(C2)CC(c2n[nH]c(=O)n4cccc24)C3)c2ccccc21. The fraction of sp³-hybridized carbons (Fsp3) is 0.364. The minimum atomic E-state index is -0.207. The molecule has 8 nitrogen and oxygen atoms in total. The number of hydrogen-bond donors (Lipinski definition) is 2. The summed E-state index contributed by atoms with van der Waals surface area (Å²) in [5.74, 6) is 0.260. The van der Waals surface area contributed by atoms with Gasteiger partial charge in [-0.25, -0.2) is 9.89 Å². The van der Waals surface area contributed by atoms with Crippen molar-refractivity contribution in [3.63, 3.8) is 0 Å². The molecule has 0 aliphatic heterocycles. The van der Waals surface area contributed by atoms with E-state index in [1.165, 1.54) is 0 Å². The second kappa shape index (κ2) is 6.04. The molecular weight excluding hydrogens is 380 g/mol. The Hall–Kier alpha value is -3.42. The zero-order valence-corrected chi connectivity index (χ0v) is 16.6. The maximum Gasteiger partial charge on any atom is 0.346 e. The first-order valence-corrected chi connectivity index (χ1v) is 10.3. The molecular formula is C22H22N6O2. The van der Waals surface area contributed by atoms with Crippen LogP contribution in [0.25, 0.3) is 16.4 Å². The van der Waals surface area contributed by atoms with Gasteiger partial charge in [0.2, 0.25) is 0 Å². The molecule has 1 spiro atoms. The van der Waals surface area contributed by atoms with Gasteiger partial charge in [-0.2, -0.15) is 10.2 Å².